The molecule has 36 heavy (non-hydrogen) atoms. The van der Waals surface area contributed by atoms with E-state index in [0.29, 0.717) is 36.4 Å². The van der Waals surface area contributed by atoms with Gasteiger partial charge in [0, 0.05) is 19.3 Å². The average Bonchev–Trinajstić information content (AvgIpc) is 2.87. The Balaban J connectivity index is 1.39. The maximum Gasteiger partial charge on any atom is 0.319 e. The lowest BCUT2D eigenvalue weighted by Gasteiger charge is -2.42. The van der Waals surface area contributed by atoms with Gasteiger partial charge < -0.3 is 30.3 Å². The lowest BCUT2D eigenvalue weighted by molar-refractivity contribution is -0.134. The minimum atomic E-state index is -0.349. The summed E-state index contributed by atoms with van der Waals surface area (Å²) in [4.78, 5) is 39.6. The van der Waals surface area contributed by atoms with Gasteiger partial charge in [-0.1, -0.05) is 30.3 Å². The number of anilines is 1. The summed E-state index contributed by atoms with van der Waals surface area (Å²) >= 11 is 0. The van der Waals surface area contributed by atoms with Gasteiger partial charge >= 0.3 is 6.03 Å². The van der Waals surface area contributed by atoms with Crippen LogP contribution in [-0.2, 0) is 9.53 Å². The molecular formula is C27H34N4O5. The van der Waals surface area contributed by atoms with Crippen LogP contribution in [0.4, 0.5) is 10.5 Å². The van der Waals surface area contributed by atoms with E-state index in [4.69, 9.17) is 9.47 Å². The summed E-state index contributed by atoms with van der Waals surface area (Å²) in [7, 11) is 1.76. The van der Waals surface area contributed by atoms with Crippen LogP contribution in [0.15, 0.2) is 48.5 Å². The minimum Gasteiger partial charge on any atom is -0.490 e. The molecule has 2 aliphatic heterocycles. The molecule has 0 radical (unpaired) electrons. The summed E-state index contributed by atoms with van der Waals surface area (Å²) in [6.45, 7) is 4.55. The standard InChI is InChI=1S/C27H34N4O5/c1-4-28-27(34)30-19-10-13-23-21(14-19)26(33)31(3)22-12-11-20(36-24(22)16-35-23)15-25(32)29-17(2)18-8-6-5-7-9-18/h5-10,13-14,17,20,22,24H,4,11-12,15-16H2,1-3H3,(H,29,32)(H2,28,30,34)/t17-,20+,22+,24+/m0/s1. The molecular weight excluding hydrogens is 460 g/mol. The molecule has 0 spiro atoms. The van der Waals surface area contributed by atoms with Crippen LogP contribution in [0.25, 0.3) is 0 Å². The highest BCUT2D eigenvalue weighted by molar-refractivity contribution is 5.99. The predicted octanol–water partition coefficient (Wildman–Crippen LogP) is 3.48. The number of hydrogen-bond acceptors (Lipinski definition) is 5. The molecule has 0 saturated carbocycles. The zero-order chi connectivity index (χ0) is 25.7. The molecule has 9 heteroatoms. The lowest BCUT2D eigenvalue weighted by atomic mass is 9.94. The Morgan fingerprint density at radius 2 is 1.92 bits per heavy atom. The molecule has 2 aromatic carbocycles. The predicted molar refractivity (Wildman–Crippen MR) is 136 cm³/mol. The molecule has 4 rings (SSSR count). The Kier molecular flexibility index (Phi) is 8.10. The molecule has 9 nitrogen and oxygen atoms in total. The number of fused-ring (bicyclic) bond motifs is 2. The van der Waals surface area contributed by atoms with Crippen molar-refractivity contribution in [1.29, 1.82) is 0 Å². The smallest absolute Gasteiger partial charge is 0.319 e. The first-order chi connectivity index (χ1) is 17.4. The molecule has 0 aliphatic carbocycles. The van der Waals surface area contributed by atoms with Gasteiger partial charge in [-0.25, -0.2) is 4.79 Å². The number of nitrogens with one attached hydrogen (secondary N) is 3. The van der Waals surface area contributed by atoms with E-state index in [0.717, 1.165) is 5.56 Å². The molecule has 1 saturated heterocycles. The van der Waals surface area contributed by atoms with Crippen LogP contribution in [0.3, 0.4) is 0 Å². The number of carbonyl (C=O) groups is 3. The maximum absolute atomic E-state index is 13.3. The SMILES string of the molecule is CCNC(=O)Nc1ccc2c(c1)C(=O)N(C)[C@@H]1CC[C@H](CC(=O)N[C@@H](C)c3ccccc3)O[C@@H]1CO2. The van der Waals surface area contributed by atoms with Gasteiger partial charge in [0.05, 0.1) is 30.2 Å². The molecule has 2 aliphatic rings. The second kappa shape index (κ2) is 11.4. The van der Waals surface area contributed by atoms with Crippen LogP contribution in [0, 0.1) is 0 Å². The van der Waals surface area contributed by atoms with Gasteiger partial charge in [0.2, 0.25) is 5.91 Å². The number of carbonyl (C=O) groups excluding carboxylic acids is 3. The van der Waals surface area contributed by atoms with E-state index in [9.17, 15) is 14.4 Å². The third kappa shape index (κ3) is 5.96. The van der Waals surface area contributed by atoms with E-state index in [1.807, 2.05) is 44.2 Å². The van der Waals surface area contributed by atoms with Crippen LogP contribution >= 0.6 is 0 Å². The largest absolute Gasteiger partial charge is 0.490 e. The van der Waals surface area contributed by atoms with E-state index in [1.165, 1.54) is 0 Å². The number of rotatable bonds is 6. The number of likely N-dealkylation sites (N-methyl/N-ethyl adjacent to an activating group) is 1. The molecule has 0 aromatic heterocycles. The van der Waals surface area contributed by atoms with Crippen molar-refractivity contribution in [3.63, 3.8) is 0 Å². The van der Waals surface area contributed by atoms with E-state index in [1.54, 1.807) is 30.1 Å². The third-order valence-corrected chi connectivity index (χ3v) is 6.70. The van der Waals surface area contributed by atoms with Crippen molar-refractivity contribution in [3.8, 4) is 5.75 Å². The van der Waals surface area contributed by atoms with E-state index < -0.39 is 0 Å². The second-order valence-corrected chi connectivity index (χ2v) is 9.27. The lowest BCUT2D eigenvalue weighted by Crippen LogP contribution is -2.54. The van der Waals surface area contributed by atoms with Crippen LogP contribution in [0.2, 0.25) is 0 Å². The van der Waals surface area contributed by atoms with Crippen molar-refractivity contribution < 1.29 is 23.9 Å². The van der Waals surface area contributed by atoms with Crippen molar-refractivity contribution in [2.24, 2.45) is 0 Å². The summed E-state index contributed by atoms with van der Waals surface area (Å²) in [6.07, 6.45) is 1.03. The quantitative estimate of drug-likeness (QED) is 0.570. The van der Waals surface area contributed by atoms with Gasteiger partial charge in [0.15, 0.2) is 0 Å². The molecule has 4 amide bonds. The number of nitrogens with zero attached hydrogens (tertiary/aromatic N) is 1. The number of ether oxygens (including phenoxy) is 2. The molecule has 4 atom stereocenters. The van der Waals surface area contributed by atoms with Crippen LogP contribution in [-0.4, -0.2) is 61.2 Å². The van der Waals surface area contributed by atoms with Crippen LogP contribution in [0.5, 0.6) is 5.75 Å². The second-order valence-electron chi connectivity index (χ2n) is 9.27. The third-order valence-electron chi connectivity index (χ3n) is 6.70. The van der Waals surface area contributed by atoms with Gasteiger partial charge in [-0.15, -0.1) is 0 Å². The highest BCUT2D eigenvalue weighted by Crippen LogP contribution is 2.32. The molecule has 0 bridgehead atoms. The first-order valence-electron chi connectivity index (χ1n) is 12.4. The highest BCUT2D eigenvalue weighted by Gasteiger charge is 2.39. The molecule has 0 unspecified atom stereocenters. The Hall–Kier alpha value is -3.59. The molecule has 2 heterocycles. The Bertz CT molecular complexity index is 1090. The van der Waals surface area contributed by atoms with Crippen molar-refractivity contribution in [3.05, 3.63) is 59.7 Å². The molecule has 1 fully saturated rings. The summed E-state index contributed by atoms with van der Waals surface area (Å²) in [5, 5.41) is 8.44. The number of urea groups is 1. The monoisotopic (exact) mass is 494 g/mol. The van der Waals surface area contributed by atoms with Gasteiger partial charge in [-0.2, -0.15) is 0 Å². The first kappa shape index (κ1) is 25.5. The van der Waals surface area contributed by atoms with E-state index in [-0.39, 0.29) is 55.2 Å². The summed E-state index contributed by atoms with van der Waals surface area (Å²) in [6, 6.07) is 14.2. The van der Waals surface area contributed by atoms with Crippen molar-refractivity contribution in [2.45, 2.75) is 57.4 Å². The minimum absolute atomic E-state index is 0.0662. The normalized spacial score (nSPS) is 22.1. The van der Waals surface area contributed by atoms with Crippen molar-refractivity contribution in [1.82, 2.24) is 15.5 Å². The molecule has 192 valence electrons. The first-order valence-corrected chi connectivity index (χ1v) is 12.4. The molecule has 3 N–H and O–H groups in total. The van der Waals surface area contributed by atoms with Gasteiger partial charge in [-0.05, 0) is 50.5 Å². The highest BCUT2D eigenvalue weighted by atomic mass is 16.5. The fourth-order valence-corrected chi connectivity index (χ4v) is 4.77. The fraction of sp³-hybridized carbons (Fsp3) is 0.444. The van der Waals surface area contributed by atoms with Gasteiger partial charge in [0.1, 0.15) is 18.5 Å². The Morgan fingerprint density at radius 1 is 1.14 bits per heavy atom. The number of benzene rings is 2. The summed E-state index contributed by atoms with van der Waals surface area (Å²) in [5.74, 6) is 0.172. The summed E-state index contributed by atoms with van der Waals surface area (Å²) in [5.41, 5.74) is 1.95. The van der Waals surface area contributed by atoms with Crippen LogP contribution < -0.4 is 20.7 Å². The van der Waals surface area contributed by atoms with Crippen LogP contribution in [0.1, 0.15) is 55.1 Å². The zero-order valence-electron chi connectivity index (χ0n) is 21.0. The molecule has 2 aromatic rings. The number of amides is 4. The Labute approximate surface area is 211 Å². The van der Waals surface area contributed by atoms with Crippen molar-refractivity contribution in [2.75, 3.05) is 25.5 Å². The fourth-order valence-electron chi connectivity index (χ4n) is 4.77. The maximum atomic E-state index is 13.3. The van der Waals surface area contributed by atoms with Gasteiger partial charge in [-0.3, -0.25) is 9.59 Å². The Morgan fingerprint density at radius 3 is 2.67 bits per heavy atom. The average molecular weight is 495 g/mol. The van der Waals surface area contributed by atoms with E-state index in [2.05, 4.69) is 16.0 Å². The zero-order valence-corrected chi connectivity index (χ0v) is 21.0. The van der Waals surface area contributed by atoms with E-state index >= 15 is 0 Å². The summed E-state index contributed by atoms with van der Waals surface area (Å²) < 4.78 is 12.3. The van der Waals surface area contributed by atoms with Crippen molar-refractivity contribution >= 4 is 23.5 Å². The van der Waals surface area contributed by atoms with Gasteiger partial charge in [0.25, 0.3) is 5.91 Å². The number of hydrogen-bond donors (Lipinski definition) is 3. The topological polar surface area (TPSA) is 109 Å².